The second kappa shape index (κ2) is 10.6. The summed E-state index contributed by atoms with van der Waals surface area (Å²) < 4.78 is 11.4. The van der Waals surface area contributed by atoms with Gasteiger partial charge in [-0.15, -0.1) is 0 Å². The fourth-order valence-electron chi connectivity index (χ4n) is 4.22. The third-order valence-electron chi connectivity index (χ3n) is 5.79. The maximum absolute atomic E-state index is 12.6. The molecule has 0 spiro atoms. The summed E-state index contributed by atoms with van der Waals surface area (Å²) in [5.41, 5.74) is 1.64. The second-order valence-corrected chi connectivity index (χ2v) is 7.87. The third-order valence-corrected chi connectivity index (χ3v) is 5.79. The van der Waals surface area contributed by atoms with Crippen LogP contribution < -0.4 is 4.74 Å². The standard InChI is InChI=1S/C23H30N4O3/c28-23(21-17-24-7-8-25-21)18-27-10-2-6-22(27)19-4-1-5-20(16-19)30-13-3-9-26-11-14-29-15-12-26/h1,4-5,7-8,16-17,22H,2-3,6,9-15,18H2. The number of ketones is 1. The number of aromatic nitrogens is 2. The van der Waals surface area contributed by atoms with E-state index in [1.165, 1.54) is 5.56 Å². The molecule has 2 aromatic rings. The van der Waals surface area contributed by atoms with E-state index in [-0.39, 0.29) is 11.8 Å². The summed E-state index contributed by atoms with van der Waals surface area (Å²) >= 11 is 0. The van der Waals surface area contributed by atoms with Crippen molar-refractivity contribution in [1.29, 1.82) is 0 Å². The number of carbonyl (C=O) groups excluding carboxylic acids is 1. The molecule has 0 aliphatic carbocycles. The van der Waals surface area contributed by atoms with E-state index in [9.17, 15) is 4.79 Å². The van der Waals surface area contributed by atoms with Gasteiger partial charge in [-0.25, -0.2) is 4.98 Å². The molecule has 1 atom stereocenters. The molecule has 3 heterocycles. The summed E-state index contributed by atoms with van der Waals surface area (Å²) in [5, 5.41) is 0. The van der Waals surface area contributed by atoms with Crippen LogP contribution in [0.3, 0.4) is 0 Å². The van der Waals surface area contributed by atoms with E-state index < -0.39 is 0 Å². The van der Waals surface area contributed by atoms with E-state index in [4.69, 9.17) is 9.47 Å². The van der Waals surface area contributed by atoms with Crippen LogP contribution >= 0.6 is 0 Å². The van der Waals surface area contributed by atoms with Gasteiger partial charge in [0.15, 0.2) is 5.78 Å². The van der Waals surface area contributed by atoms with Crippen LogP contribution in [-0.4, -0.2) is 78.1 Å². The van der Waals surface area contributed by atoms with Crippen molar-refractivity contribution >= 4 is 5.78 Å². The Morgan fingerprint density at radius 3 is 2.93 bits per heavy atom. The number of ether oxygens (including phenoxy) is 2. The van der Waals surface area contributed by atoms with Crippen molar-refractivity contribution in [2.45, 2.75) is 25.3 Å². The number of Topliss-reactive ketones (excluding diaryl/α,β-unsaturated/α-hetero) is 1. The summed E-state index contributed by atoms with van der Waals surface area (Å²) in [5.74, 6) is 0.923. The normalized spacial score (nSPS) is 20.3. The number of nitrogens with zero attached hydrogens (tertiary/aromatic N) is 4. The zero-order valence-electron chi connectivity index (χ0n) is 17.4. The van der Waals surface area contributed by atoms with E-state index in [0.717, 1.165) is 64.4 Å². The molecular weight excluding hydrogens is 380 g/mol. The molecule has 7 nitrogen and oxygen atoms in total. The molecule has 0 N–H and O–H groups in total. The summed E-state index contributed by atoms with van der Waals surface area (Å²) in [7, 11) is 0. The fraction of sp³-hybridized carbons (Fsp3) is 0.522. The molecule has 1 unspecified atom stereocenters. The number of rotatable bonds is 9. The summed E-state index contributed by atoms with van der Waals surface area (Å²) in [6, 6.07) is 8.57. The Morgan fingerprint density at radius 2 is 2.10 bits per heavy atom. The number of likely N-dealkylation sites (tertiary alicyclic amines) is 1. The van der Waals surface area contributed by atoms with Crippen molar-refractivity contribution in [2.24, 2.45) is 0 Å². The molecule has 0 amide bonds. The van der Waals surface area contributed by atoms with Crippen LogP contribution in [-0.2, 0) is 4.74 Å². The SMILES string of the molecule is O=C(CN1CCCC1c1cccc(OCCCN2CCOCC2)c1)c1cnccn1. The summed E-state index contributed by atoms with van der Waals surface area (Å²) in [6.45, 7) is 6.74. The van der Waals surface area contributed by atoms with Gasteiger partial charge in [0.25, 0.3) is 0 Å². The first-order valence-corrected chi connectivity index (χ1v) is 10.9. The smallest absolute Gasteiger partial charge is 0.196 e. The van der Waals surface area contributed by atoms with Crippen LogP contribution in [0.25, 0.3) is 0 Å². The van der Waals surface area contributed by atoms with Gasteiger partial charge < -0.3 is 9.47 Å². The number of morpholine rings is 1. The maximum Gasteiger partial charge on any atom is 0.196 e. The third kappa shape index (κ3) is 5.62. The lowest BCUT2D eigenvalue weighted by Gasteiger charge is -2.26. The second-order valence-electron chi connectivity index (χ2n) is 7.87. The molecule has 2 saturated heterocycles. The Hall–Kier alpha value is -2.35. The van der Waals surface area contributed by atoms with Crippen molar-refractivity contribution in [3.8, 4) is 5.75 Å². The average molecular weight is 411 g/mol. The Balaban J connectivity index is 1.30. The minimum atomic E-state index is 0.0190. The Kier molecular flexibility index (Phi) is 7.39. The Bertz CT molecular complexity index is 811. The van der Waals surface area contributed by atoms with Gasteiger partial charge in [0.05, 0.1) is 32.6 Å². The van der Waals surface area contributed by atoms with Gasteiger partial charge in [-0.3, -0.25) is 19.6 Å². The van der Waals surface area contributed by atoms with Crippen molar-refractivity contribution in [3.05, 3.63) is 54.1 Å². The molecule has 7 heteroatoms. The van der Waals surface area contributed by atoms with Crippen LogP contribution in [0.5, 0.6) is 5.75 Å². The zero-order valence-corrected chi connectivity index (χ0v) is 17.4. The minimum Gasteiger partial charge on any atom is -0.494 e. The van der Waals surface area contributed by atoms with Crippen LogP contribution in [0, 0.1) is 0 Å². The molecule has 4 rings (SSSR count). The van der Waals surface area contributed by atoms with Crippen molar-refractivity contribution in [1.82, 2.24) is 19.8 Å². The zero-order chi connectivity index (χ0) is 20.6. The molecule has 160 valence electrons. The molecule has 1 aromatic carbocycles. The van der Waals surface area contributed by atoms with E-state index >= 15 is 0 Å². The Labute approximate surface area is 178 Å². The summed E-state index contributed by atoms with van der Waals surface area (Å²) in [6.07, 6.45) is 7.83. The van der Waals surface area contributed by atoms with E-state index in [1.807, 2.05) is 12.1 Å². The highest BCUT2D eigenvalue weighted by Crippen LogP contribution is 2.33. The first kappa shape index (κ1) is 20.9. The molecule has 30 heavy (non-hydrogen) atoms. The van der Waals surface area contributed by atoms with Crippen molar-refractivity contribution < 1.29 is 14.3 Å². The van der Waals surface area contributed by atoms with Crippen molar-refractivity contribution in [3.63, 3.8) is 0 Å². The van der Waals surface area contributed by atoms with Crippen LogP contribution in [0.15, 0.2) is 42.9 Å². The summed E-state index contributed by atoms with van der Waals surface area (Å²) in [4.78, 5) is 25.4. The highest BCUT2D eigenvalue weighted by Gasteiger charge is 2.28. The van der Waals surface area contributed by atoms with Crippen LogP contribution in [0.2, 0.25) is 0 Å². The first-order valence-electron chi connectivity index (χ1n) is 10.9. The van der Waals surface area contributed by atoms with Crippen molar-refractivity contribution in [2.75, 3.05) is 52.5 Å². The van der Waals surface area contributed by atoms with Crippen LogP contribution in [0.4, 0.5) is 0 Å². The van der Waals surface area contributed by atoms with Gasteiger partial charge in [-0.05, 0) is 43.5 Å². The predicted octanol–water partition coefficient (Wildman–Crippen LogP) is 2.60. The molecular formula is C23H30N4O3. The quantitative estimate of drug-likeness (QED) is 0.465. The highest BCUT2D eigenvalue weighted by atomic mass is 16.5. The van der Waals surface area contributed by atoms with Crippen LogP contribution in [0.1, 0.15) is 41.4 Å². The highest BCUT2D eigenvalue weighted by molar-refractivity contribution is 5.95. The minimum absolute atomic E-state index is 0.0190. The maximum atomic E-state index is 12.6. The van der Waals surface area contributed by atoms with Gasteiger partial charge in [-0.1, -0.05) is 12.1 Å². The molecule has 0 radical (unpaired) electrons. The average Bonchev–Trinajstić information content (AvgIpc) is 3.26. The van der Waals surface area contributed by atoms with Gasteiger partial charge in [0.2, 0.25) is 0 Å². The monoisotopic (exact) mass is 410 g/mol. The largest absolute Gasteiger partial charge is 0.494 e. The molecule has 1 aromatic heterocycles. The topological polar surface area (TPSA) is 67.8 Å². The predicted molar refractivity (Wildman–Crippen MR) is 114 cm³/mol. The van der Waals surface area contributed by atoms with Gasteiger partial charge >= 0.3 is 0 Å². The van der Waals surface area contributed by atoms with Gasteiger partial charge in [0, 0.05) is 38.1 Å². The van der Waals surface area contributed by atoms with Gasteiger partial charge in [0.1, 0.15) is 11.4 Å². The molecule has 2 fully saturated rings. The molecule has 2 aliphatic rings. The number of hydrogen-bond donors (Lipinski definition) is 0. The number of carbonyl (C=O) groups is 1. The molecule has 2 aliphatic heterocycles. The lowest BCUT2D eigenvalue weighted by Crippen LogP contribution is -2.37. The lowest BCUT2D eigenvalue weighted by molar-refractivity contribution is 0.0358. The number of hydrogen-bond acceptors (Lipinski definition) is 7. The first-order chi connectivity index (χ1) is 14.8. The van der Waals surface area contributed by atoms with Gasteiger partial charge in [-0.2, -0.15) is 0 Å². The van der Waals surface area contributed by atoms with E-state index in [2.05, 4.69) is 31.9 Å². The van der Waals surface area contributed by atoms with E-state index in [0.29, 0.717) is 18.8 Å². The molecule has 0 saturated carbocycles. The lowest BCUT2D eigenvalue weighted by atomic mass is 10.0. The fourth-order valence-corrected chi connectivity index (χ4v) is 4.22. The van der Waals surface area contributed by atoms with E-state index in [1.54, 1.807) is 18.6 Å². The number of benzene rings is 1. The Morgan fingerprint density at radius 1 is 1.20 bits per heavy atom. The molecule has 0 bridgehead atoms.